The molecule has 0 unspecified atom stereocenters. The minimum Gasteiger partial charge on any atom is -0.396 e. The van der Waals surface area contributed by atoms with E-state index in [1.807, 2.05) is 48.5 Å². The fourth-order valence-electron chi connectivity index (χ4n) is 2.60. The average molecular weight is 256 g/mol. The lowest BCUT2D eigenvalue weighted by Crippen LogP contribution is -2.16. The van der Waals surface area contributed by atoms with Gasteiger partial charge < -0.3 is 10.2 Å². The molecule has 0 aromatic heterocycles. The van der Waals surface area contributed by atoms with Crippen LogP contribution in [0, 0.1) is 0 Å². The van der Waals surface area contributed by atoms with E-state index >= 15 is 0 Å². The Morgan fingerprint density at radius 2 is 1.16 bits per heavy atom. The molecular formula is C17H20O2. The van der Waals surface area contributed by atoms with Gasteiger partial charge in [-0.25, -0.2) is 0 Å². The third kappa shape index (κ3) is 3.43. The highest BCUT2D eigenvalue weighted by Crippen LogP contribution is 2.35. The SMILES string of the molecule is OCC[C@H](c1ccccc1)[C@@H](CO)c1ccccc1. The van der Waals surface area contributed by atoms with Crippen LogP contribution in [0.2, 0.25) is 0 Å². The van der Waals surface area contributed by atoms with Crippen molar-refractivity contribution in [2.45, 2.75) is 18.3 Å². The molecule has 2 nitrogen and oxygen atoms in total. The zero-order chi connectivity index (χ0) is 13.5. The highest BCUT2D eigenvalue weighted by molar-refractivity contribution is 5.28. The lowest BCUT2D eigenvalue weighted by molar-refractivity contribution is 0.219. The van der Waals surface area contributed by atoms with Crippen molar-refractivity contribution in [1.29, 1.82) is 0 Å². The Bertz CT molecular complexity index is 467. The summed E-state index contributed by atoms with van der Waals surface area (Å²) >= 11 is 0. The molecule has 0 spiro atoms. The van der Waals surface area contributed by atoms with Crippen LogP contribution in [0.5, 0.6) is 0 Å². The molecule has 0 aliphatic heterocycles. The number of aliphatic hydroxyl groups is 2. The van der Waals surface area contributed by atoms with Crippen molar-refractivity contribution in [2.24, 2.45) is 0 Å². The number of hydrogen-bond acceptors (Lipinski definition) is 2. The van der Waals surface area contributed by atoms with E-state index in [1.165, 1.54) is 5.56 Å². The smallest absolute Gasteiger partial charge is 0.0505 e. The molecule has 2 aromatic carbocycles. The molecule has 2 rings (SSSR count). The Hall–Kier alpha value is -1.64. The van der Waals surface area contributed by atoms with Gasteiger partial charge in [0.25, 0.3) is 0 Å². The zero-order valence-corrected chi connectivity index (χ0v) is 10.9. The Kier molecular flexibility index (Phi) is 5.13. The van der Waals surface area contributed by atoms with E-state index in [4.69, 9.17) is 0 Å². The maximum atomic E-state index is 9.76. The highest BCUT2D eigenvalue weighted by atomic mass is 16.3. The van der Waals surface area contributed by atoms with Gasteiger partial charge in [0.1, 0.15) is 0 Å². The summed E-state index contributed by atoms with van der Waals surface area (Å²) in [6.07, 6.45) is 0.657. The van der Waals surface area contributed by atoms with Crippen molar-refractivity contribution in [2.75, 3.05) is 13.2 Å². The van der Waals surface area contributed by atoms with Crippen molar-refractivity contribution in [1.82, 2.24) is 0 Å². The Labute approximate surface area is 114 Å². The summed E-state index contributed by atoms with van der Waals surface area (Å²) in [6.45, 7) is 0.215. The standard InChI is InChI=1S/C17H20O2/c18-12-11-16(14-7-3-1-4-8-14)17(13-19)15-9-5-2-6-10-15/h1-10,16-19H,11-13H2/t16-,17+/m1/s1. The Morgan fingerprint density at radius 1 is 0.684 bits per heavy atom. The van der Waals surface area contributed by atoms with Crippen LogP contribution >= 0.6 is 0 Å². The largest absolute Gasteiger partial charge is 0.396 e. The van der Waals surface area contributed by atoms with Crippen LogP contribution in [0.1, 0.15) is 29.4 Å². The molecule has 0 saturated heterocycles. The topological polar surface area (TPSA) is 40.5 Å². The van der Waals surface area contributed by atoms with Crippen molar-refractivity contribution in [3.05, 3.63) is 71.8 Å². The summed E-state index contributed by atoms with van der Waals surface area (Å²) in [5.74, 6) is 0.161. The third-order valence-corrected chi connectivity index (χ3v) is 3.58. The first kappa shape index (κ1) is 13.8. The molecule has 0 saturated carbocycles. The Balaban J connectivity index is 2.31. The van der Waals surface area contributed by atoms with Crippen LogP contribution in [0.15, 0.2) is 60.7 Å². The first-order valence-corrected chi connectivity index (χ1v) is 6.68. The van der Waals surface area contributed by atoms with E-state index in [9.17, 15) is 10.2 Å². The normalized spacial score (nSPS) is 14.0. The van der Waals surface area contributed by atoms with Gasteiger partial charge >= 0.3 is 0 Å². The fourth-order valence-corrected chi connectivity index (χ4v) is 2.60. The van der Waals surface area contributed by atoms with Gasteiger partial charge in [-0.15, -0.1) is 0 Å². The van der Waals surface area contributed by atoms with E-state index in [0.717, 1.165) is 5.56 Å². The van der Waals surface area contributed by atoms with Crippen LogP contribution in [-0.4, -0.2) is 23.4 Å². The van der Waals surface area contributed by atoms with Gasteiger partial charge in [-0.1, -0.05) is 60.7 Å². The number of benzene rings is 2. The number of aliphatic hydroxyl groups excluding tert-OH is 2. The van der Waals surface area contributed by atoms with Gasteiger partial charge in [-0.3, -0.25) is 0 Å². The van der Waals surface area contributed by atoms with Gasteiger partial charge in [0.2, 0.25) is 0 Å². The molecule has 0 heterocycles. The maximum Gasteiger partial charge on any atom is 0.0505 e. The monoisotopic (exact) mass is 256 g/mol. The van der Waals surface area contributed by atoms with Crippen molar-refractivity contribution < 1.29 is 10.2 Å². The van der Waals surface area contributed by atoms with Gasteiger partial charge in [0, 0.05) is 12.5 Å². The summed E-state index contributed by atoms with van der Waals surface area (Å²) in [7, 11) is 0. The average Bonchev–Trinajstić information content (AvgIpc) is 2.49. The minimum absolute atomic E-state index is 0.0238. The number of rotatable bonds is 6. The van der Waals surface area contributed by atoms with Gasteiger partial charge in [-0.2, -0.15) is 0 Å². The zero-order valence-electron chi connectivity index (χ0n) is 10.9. The second-order valence-electron chi connectivity index (χ2n) is 4.73. The van der Waals surface area contributed by atoms with Crippen LogP contribution in [0.25, 0.3) is 0 Å². The second kappa shape index (κ2) is 7.07. The molecular weight excluding hydrogens is 236 g/mol. The molecule has 19 heavy (non-hydrogen) atoms. The third-order valence-electron chi connectivity index (χ3n) is 3.58. The molecule has 0 amide bonds. The molecule has 100 valence electrons. The minimum atomic E-state index is 0.0238. The molecule has 2 atom stereocenters. The molecule has 2 aromatic rings. The summed E-state index contributed by atoms with van der Waals surface area (Å²) in [5.41, 5.74) is 2.28. The van der Waals surface area contributed by atoms with E-state index < -0.39 is 0 Å². The van der Waals surface area contributed by atoms with E-state index in [2.05, 4.69) is 12.1 Å². The van der Waals surface area contributed by atoms with Gasteiger partial charge in [-0.05, 0) is 23.5 Å². The van der Waals surface area contributed by atoms with Gasteiger partial charge in [0.15, 0.2) is 0 Å². The molecule has 0 bridgehead atoms. The van der Waals surface area contributed by atoms with E-state index in [-0.39, 0.29) is 25.0 Å². The van der Waals surface area contributed by atoms with Crippen molar-refractivity contribution in [3.8, 4) is 0 Å². The molecule has 0 aliphatic rings. The fraction of sp³-hybridized carbons (Fsp3) is 0.294. The molecule has 2 N–H and O–H groups in total. The summed E-state index contributed by atoms with van der Waals surface area (Å²) in [5, 5.41) is 19.1. The first-order chi connectivity index (χ1) is 9.36. The summed E-state index contributed by atoms with van der Waals surface area (Å²) in [4.78, 5) is 0. The second-order valence-corrected chi connectivity index (χ2v) is 4.73. The molecule has 0 fully saturated rings. The lowest BCUT2D eigenvalue weighted by atomic mass is 9.80. The quantitative estimate of drug-likeness (QED) is 0.834. The van der Waals surface area contributed by atoms with Crippen LogP contribution in [-0.2, 0) is 0 Å². The highest BCUT2D eigenvalue weighted by Gasteiger charge is 2.23. The number of hydrogen-bond donors (Lipinski definition) is 2. The van der Waals surface area contributed by atoms with E-state index in [1.54, 1.807) is 0 Å². The summed E-state index contributed by atoms with van der Waals surface area (Å²) < 4.78 is 0. The lowest BCUT2D eigenvalue weighted by Gasteiger charge is -2.26. The first-order valence-electron chi connectivity index (χ1n) is 6.68. The molecule has 0 radical (unpaired) electrons. The van der Waals surface area contributed by atoms with E-state index in [0.29, 0.717) is 6.42 Å². The van der Waals surface area contributed by atoms with Crippen molar-refractivity contribution >= 4 is 0 Å². The maximum absolute atomic E-state index is 9.76. The predicted molar refractivity (Wildman–Crippen MR) is 77.2 cm³/mol. The molecule has 2 heteroatoms. The Morgan fingerprint density at radius 3 is 1.58 bits per heavy atom. The summed E-state index contributed by atoms with van der Waals surface area (Å²) in [6, 6.07) is 20.1. The molecule has 0 aliphatic carbocycles. The van der Waals surface area contributed by atoms with Gasteiger partial charge in [0.05, 0.1) is 6.61 Å². The van der Waals surface area contributed by atoms with Crippen LogP contribution < -0.4 is 0 Å². The van der Waals surface area contributed by atoms with Crippen LogP contribution in [0.4, 0.5) is 0 Å². The van der Waals surface area contributed by atoms with Crippen LogP contribution in [0.3, 0.4) is 0 Å². The predicted octanol–water partition coefficient (Wildman–Crippen LogP) is 2.93. The van der Waals surface area contributed by atoms with Crippen molar-refractivity contribution in [3.63, 3.8) is 0 Å².